The van der Waals surface area contributed by atoms with Gasteiger partial charge in [0.2, 0.25) is 0 Å². The Morgan fingerprint density at radius 1 is 1.36 bits per heavy atom. The number of nitro groups is 1. The Labute approximate surface area is 127 Å². The van der Waals surface area contributed by atoms with Crippen molar-refractivity contribution >= 4 is 15.7 Å². The van der Waals surface area contributed by atoms with Gasteiger partial charge in [0.15, 0.2) is 4.90 Å². The number of hydrogen-bond acceptors (Lipinski definition) is 5. The van der Waals surface area contributed by atoms with Crippen LogP contribution >= 0.6 is 0 Å². The minimum absolute atomic E-state index is 0.0469. The summed E-state index contributed by atoms with van der Waals surface area (Å²) < 4.78 is 41.1. The van der Waals surface area contributed by atoms with Crippen LogP contribution in [-0.2, 0) is 10.0 Å². The Hall–Kier alpha value is -1.58. The van der Waals surface area contributed by atoms with Gasteiger partial charge in [-0.25, -0.2) is 17.5 Å². The molecule has 0 spiro atoms. The molecule has 1 aromatic rings. The average molecular weight is 331 g/mol. The second-order valence-corrected chi connectivity index (χ2v) is 7.00. The third-order valence-corrected chi connectivity index (χ3v) is 5.48. The van der Waals surface area contributed by atoms with Crippen LogP contribution in [0.25, 0.3) is 0 Å². The average Bonchev–Trinajstić information content (AvgIpc) is 2.46. The minimum Gasteiger partial charge on any atom is -0.330 e. The largest absolute Gasteiger partial charge is 0.330 e. The number of nitrogens with one attached hydrogen (secondary N) is 1. The van der Waals surface area contributed by atoms with E-state index in [1.54, 1.807) is 0 Å². The number of nitrogens with two attached hydrogens (primary N) is 1. The standard InChI is InChI=1S/C13H18FN3O4S/c14-10-5-3-7-12(17(18)19)13(10)22(20,21)16-11-6-2-1-4-9(11)8-15/h3,5,7,9,11,16H,1-2,4,6,8,15H2/t9-,11-/m1/s1. The SMILES string of the molecule is NC[C@H]1CCCC[C@H]1NS(=O)(=O)c1c(F)cccc1[N+](=O)[O-]. The molecule has 3 N–H and O–H groups in total. The summed E-state index contributed by atoms with van der Waals surface area (Å²) in [5.41, 5.74) is 4.87. The van der Waals surface area contributed by atoms with Gasteiger partial charge in [0.05, 0.1) is 4.92 Å². The highest BCUT2D eigenvalue weighted by atomic mass is 32.2. The quantitative estimate of drug-likeness (QED) is 0.627. The van der Waals surface area contributed by atoms with Gasteiger partial charge in [-0.05, 0) is 31.4 Å². The van der Waals surface area contributed by atoms with E-state index in [1.165, 1.54) is 0 Å². The summed E-state index contributed by atoms with van der Waals surface area (Å²) in [6, 6.07) is 2.54. The van der Waals surface area contributed by atoms with Gasteiger partial charge < -0.3 is 5.73 Å². The Kier molecular flexibility index (Phi) is 5.09. The fourth-order valence-electron chi connectivity index (χ4n) is 2.81. The maximum atomic E-state index is 13.9. The highest BCUT2D eigenvalue weighted by Crippen LogP contribution is 2.29. The van der Waals surface area contributed by atoms with Crippen molar-refractivity contribution in [2.75, 3.05) is 6.54 Å². The molecule has 0 aromatic heterocycles. The topological polar surface area (TPSA) is 115 Å². The highest BCUT2D eigenvalue weighted by molar-refractivity contribution is 7.89. The number of rotatable bonds is 5. The Bertz CT molecular complexity index is 665. The zero-order chi connectivity index (χ0) is 16.3. The highest BCUT2D eigenvalue weighted by Gasteiger charge is 2.34. The summed E-state index contributed by atoms with van der Waals surface area (Å²) in [7, 11) is -4.33. The van der Waals surface area contributed by atoms with Crippen LogP contribution in [0.3, 0.4) is 0 Å². The first-order valence-corrected chi connectivity index (χ1v) is 8.50. The van der Waals surface area contributed by atoms with E-state index in [-0.39, 0.29) is 5.92 Å². The monoisotopic (exact) mass is 331 g/mol. The fourth-order valence-corrected chi connectivity index (χ4v) is 4.38. The lowest BCUT2D eigenvalue weighted by Gasteiger charge is -2.30. The summed E-state index contributed by atoms with van der Waals surface area (Å²) in [6.45, 7) is 0.312. The van der Waals surface area contributed by atoms with Crippen molar-refractivity contribution in [2.45, 2.75) is 36.6 Å². The molecular formula is C13H18FN3O4S. The van der Waals surface area contributed by atoms with Crippen LogP contribution < -0.4 is 10.5 Å². The number of hydrogen-bond donors (Lipinski definition) is 2. The van der Waals surface area contributed by atoms with E-state index in [2.05, 4.69) is 4.72 Å². The molecule has 0 aliphatic heterocycles. The van der Waals surface area contributed by atoms with Crippen molar-refractivity contribution in [3.05, 3.63) is 34.1 Å². The lowest BCUT2D eigenvalue weighted by Crippen LogP contribution is -2.44. The Morgan fingerprint density at radius 3 is 2.68 bits per heavy atom. The van der Waals surface area contributed by atoms with Gasteiger partial charge in [0.25, 0.3) is 15.7 Å². The third-order valence-electron chi connectivity index (χ3n) is 3.93. The molecular weight excluding hydrogens is 313 g/mol. The van der Waals surface area contributed by atoms with Gasteiger partial charge in [0.1, 0.15) is 5.82 Å². The molecule has 0 bridgehead atoms. The molecule has 1 aliphatic rings. The summed E-state index contributed by atoms with van der Waals surface area (Å²) >= 11 is 0. The summed E-state index contributed by atoms with van der Waals surface area (Å²) in [5.74, 6) is -1.18. The molecule has 0 unspecified atom stereocenters. The van der Waals surface area contributed by atoms with Crippen molar-refractivity contribution in [2.24, 2.45) is 11.7 Å². The molecule has 2 atom stereocenters. The zero-order valence-electron chi connectivity index (χ0n) is 11.9. The van der Waals surface area contributed by atoms with E-state index in [1.807, 2.05) is 0 Å². The van der Waals surface area contributed by atoms with Crippen molar-refractivity contribution in [3.8, 4) is 0 Å². The Morgan fingerprint density at radius 2 is 2.05 bits per heavy atom. The normalized spacial score (nSPS) is 22.5. The maximum Gasteiger partial charge on any atom is 0.292 e. The molecule has 2 rings (SSSR count). The van der Waals surface area contributed by atoms with E-state index in [0.29, 0.717) is 13.0 Å². The molecule has 22 heavy (non-hydrogen) atoms. The van der Waals surface area contributed by atoms with Crippen LogP contribution in [0.1, 0.15) is 25.7 Å². The number of benzene rings is 1. The zero-order valence-corrected chi connectivity index (χ0v) is 12.7. The van der Waals surface area contributed by atoms with Crippen molar-refractivity contribution in [1.29, 1.82) is 0 Å². The van der Waals surface area contributed by atoms with Crippen LogP contribution in [0.2, 0.25) is 0 Å². The maximum absolute atomic E-state index is 13.9. The van der Waals surface area contributed by atoms with Crippen molar-refractivity contribution < 1.29 is 17.7 Å². The molecule has 1 fully saturated rings. The van der Waals surface area contributed by atoms with Crippen LogP contribution in [0.5, 0.6) is 0 Å². The summed E-state index contributed by atoms with van der Waals surface area (Å²) in [4.78, 5) is 9.14. The first-order valence-electron chi connectivity index (χ1n) is 7.02. The Balaban J connectivity index is 2.37. The lowest BCUT2D eigenvalue weighted by atomic mass is 9.85. The number of halogens is 1. The number of sulfonamides is 1. The van der Waals surface area contributed by atoms with Gasteiger partial charge in [-0.2, -0.15) is 0 Å². The molecule has 9 heteroatoms. The fraction of sp³-hybridized carbons (Fsp3) is 0.538. The van der Waals surface area contributed by atoms with Gasteiger partial charge in [-0.1, -0.05) is 18.9 Å². The molecule has 122 valence electrons. The van der Waals surface area contributed by atoms with E-state index in [0.717, 1.165) is 37.5 Å². The molecule has 1 saturated carbocycles. The second kappa shape index (κ2) is 6.67. The molecule has 1 aliphatic carbocycles. The van der Waals surface area contributed by atoms with Crippen molar-refractivity contribution in [3.63, 3.8) is 0 Å². The van der Waals surface area contributed by atoms with Crippen LogP contribution in [0, 0.1) is 21.8 Å². The molecule has 1 aromatic carbocycles. The van der Waals surface area contributed by atoms with Crippen LogP contribution in [0.15, 0.2) is 23.1 Å². The lowest BCUT2D eigenvalue weighted by molar-refractivity contribution is -0.388. The minimum atomic E-state index is -4.33. The summed E-state index contributed by atoms with van der Waals surface area (Å²) in [5, 5.41) is 11.0. The van der Waals surface area contributed by atoms with E-state index in [4.69, 9.17) is 5.73 Å². The van der Waals surface area contributed by atoms with Gasteiger partial charge in [0, 0.05) is 12.1 Å². The van der Waals surface area contributed by atoms with E-state index < -0.39 is 37.4 Å². The molecule has 0 radical (unpaired) electrons. The smallest absolute Gasteiger partial charge is 0.292 e. The first-order chi connectivity index (χ1) is 10.4. The van der Waals surface area contributed by atoms with Crippen LogP contribution in [0.4, 0.5) is 10.1 Å². The van der Waals surface area contributed by atoms with Gasteiger partial charge in [-0.3, -0.25) is 10.1 Å². The summed E-state index contributed by atoms with van der Waals surface area (Å²) in [6.07, 6.45) is 3.16. The molecule has 0 heterocycles. The van der Waals surface area contributed by atoms with E-state index >= 15 is 0 Å². The van der Waals surface area contributed by atoms with Gasteiger partial charge in [-0.15, -0.1) is 0 Å². The number of nitro benzene ring substituents is 1. The van der Waals surface area contributed by atoms with Crippen LogP contribution in [-0.4, -0.2) is 25.9 Å². The molecule has 0 amide bonds. The van der Waals surface area contributed by atoms with Gasteiger partial charge >= 0.3 is 0 Å². The second-order valence-electron chi connectivity index (χ2n) is 5.35. The third kappa shape index (κ3) is 3.42. The van der Waals surface area contributed by atoms with Crippen molar-refractivity contribution in [1.82, 2.24) is 4.72 Å². The molecule has 0 saturated heterocycles. The van der Waals surface area contributed by atoms with E-state index in [9.17, 15) is 22.9 Å². The number of nitrogens with zero attached hydrogens (tertiary/aromatic N) is 1. The first kappa shape index (κ1) is 16.8. The molecule has 7 nitrogen and oxygen atoms in total. The predicted octanol–water partition coefficient (Wildman–Crippen LogP) is 1.53. The predicted molar refractivity (Wildman–Crippen MR) is 78.2 cm³/mol.